The molecule has 0 fully saturated rings. The van der Waals surface area contributed by atoms with E-state index in [0.29, 0.717) is 16.3 Å². The average molecular weight is 314 g/mol. The van der Waals surface area contributed by atoms with E-state index in [4.69, 9.17) is 27.9 Å². The van der Waals surface area contributed by atoms with Crippen LogP contribution in [-0.2, 0) is 6.61 Å². The van der Waals surface area contributed by atoms with Gasteiger partial charge in [-0.15, -0.1) is 0 Å². The maximum atomic E-state index is 10.7. The predicted molar refractivity (Wildman–Crippen MR) is 75.6 cm³/mol. The number of halogens is 2. The van der Waals surface area contributed by atoms with Gasteiger partial charge in [0.25, 0.3) is 5.69 Å². The number of aliphatic hydroxyl groups excluding tert-OH is 1. The van der Waals surface area contributed by atoms with Crippen LogP contribution in [0.15, 0.2) is 36.4 Å². The van der Waals surface area contributed by atoms with Crippen molar-refractivity contribution in [2.75, 3.05) is 0 Å². The molecule has 0 saturated carbocycles. The fourth-order valence-corrected chi connectivity index (χ4v) is 1.87. The molecule has 0 aliphatic heterocycles. The van der Waals surface area contributed by atoms with Gasteiger partial charge >= 0.3 is 0 Å². The molecule has 1 N–H and O–H groups in total. The molecule has 0 aliphatic carbocycles. The molecule has 0 aliphatic rings. The molecule has 0 spiro atoms. The summed E-state index contributed by atoms with van der Waals surface area (Å²) in [5.74, 6) is 0.417. The highest BCUT2D eigenvalue weighted by Gasteiger charge is 2.13. The highest BCUT2D eigenvalue weighted by atomic mass is 35.5. The lowest BCUT2D eigenvalue weighted by Crippen LogP contribution is -1.94. The standard InChI is InChI=1S/C13H9Cl2NO4/c14-9-2-1-8(7-17)12(5-9)20-13-6-10(16(18)19)3-4-11(13)15/h1-6,17H,7H2. The second kappa shape index (κ2) is 6.09. The van der Waals surface area contributed by atoms with Crippen molar-refractivity contribution < 1.29 is 14.8 Å². The Kier molecular flexibility index (Phi) is 4.44. The predicted octanol–water partition coefficient (Wildman–Crippen LogP) is 4.19. The molecule has 7 heteroatoms. The van der Waals surface area contributed by atoms with Crippen LogP contribution in [0.2, 0.25) is 10.0 Å². The first-order chi connectivity index (χ1) is 9.51. The molecule has 104 valence electrons. The van der Waals surface area contributed by atoms with Crippen LogP contribution < -0.4 is 4.74 Å². The van der Waals surface area contributed by atoms with Crippen LogP contribution in [0.25, 0.3) is 0 Å². The molecule has 0 atom stereocenters. The van der Waals surface area contributed by atoms with Gasteiger partial charge < -0.3 is 9.84 Å². The Morgan fingerprint density at radius 2 is 1.90 bits per heavy atom. The lowest BCUT2D eigenvalue weighted by Gasteiger charge is -2.11. The van der Waals surface area contributed by atoms with E-state index in [1.54, 1.807) is 12.1 Å². The Labute approximate surface area is 124 Å². The largest absolute Gasteiger partial charge is 0.455 e. The van der Waals surface area contributed by atoms with E-state index < -0.39 is 4.92 Å². The van der Waals surface area contributed by atoms with Gasteiger partial charge in [-0.25, -0.2) is 0 Å². The topological polar surface area (TPSA) is 72.6 Å². The van der Waals surface area contributed by atoms with Crippen LogP contribution in [0.1, 0.15) is 5.56 Å². The summed E-state index contributed by atoms with van der Waals surface area (Å²) in [6.07, 6.45) is 0. The molecular weight excluding hydrogens is 305 g/mol. The van der Waals surface area contributed by atoms with Crippen LogP contribution in [0.3, 0.4) is 0 Å². The molecule has 5 nitrogen and oxygen atoms in total. The number of benzene rings is 2. The van der Waals surface area contributed by atoms with E-state index in [-0.39, 0.29) is 23.1 Å². The summed E-state index contributed by atoms with van der Waals surface area (Å²) < 4.78 is 5.52. The Bertz CT molecular complexity index is 661. The van der Waals surface area contributed by atoms with Crippen molar-refractivity contribution in [3.8, 4) is 11.5 Å². The van der Waals surface area contributed by atoms with Gasteiger partial charge in [-0.1, -0.05) is 29.3 Å². The van der Waals surface area contributed by atoms with Gasteiger partial charge in [-0.2, -0.15) is 0 Å². The minimum absolute atomic E-state index is 0.123. The van der Waals surface area contributed by atoms with Crippen molar-refractivity contribution in [2.24, 2.45) is 0 Å². The van der Waals surface area contributed by atoms with E-state index in [1.165, 1.54) is 24.3 Å². The molecule has 2 aromatic rings. The lowest BCUT2D eigenvalue weighted by atomic mass is 10.2. The second-order valence-corrected chi connectivity index (χ2v) is 4.73. The summed E-state index contributed by atoms with van der Waals surface area (Å²) in [7, 11) is 0. The third-order valence-electron chi connectivity index (χ3n) is 2.55. The van der Waals surface area contributed by atoms with Crippen LogP contribution in [-0.4, -0.2) is 10.0 Å². The number of nitrogens with zero attached hydrogens (tertiary/aromatic N) is 1. The zero-order valence-electron chi connectivity index (χ0n) is 10.0. The molecule has 2 aromatic carbocycles. The van der Waals surface area contributed by atoms with Crippen molar-refractivity contribution in [3.63, 3.8) is 0 Å². The van der Waals surface area contributed by atoms with E-state index in [9.17, 15) is 15.2 Å². The van der Waals surface area contributed by atoms with Crippen molar-refractivity contribution in [1.82, 2.24) is 0 Å². The summed E-state index contributed by atoms with van der Waals surface area (Å²) >= 11 is 11.8. The first-order valence-corrected chi connectivity index (χ1v) is 6.28. The minimum atomic E-state index is -0.548. The normalized spacial score (nSPS) is 10.3. The Hall–Kier alpha value is -1.82. The first-order valence-electron chi connectivity index (χ1n) is 5.52. The molecule has 2 rings (SSSR count). The van der Waals surface area contributed by atoms with E-state index in [0.717, 1.165) is 0 Å². The van der Waals surface area contributed by atoms with Gasteiger partial charge in [0.05, 0.1) is 22.6 Å². The van der Waals surface area contributed by atoms with Crippen molar-refractivity contribution in [3.05, 3.63) is 62.1 Å². The number of non-ortho nitro benzene ring substituents is 1. The third-order valence-corrected chi connectivity index (χ3v) is 3.09. The molecule has 0 heterocycles. The van der Waals surface area contributed by atoms with Gasteiger partial charge in [-0.3, -0.25) is 10.1 Å². The van der Waals surface area contributed by atoms with Crippen molar-refractivity contribution in [1.29, 1.82) is 0 Å². The SMILES string of the molecule is O=[N+]([O-])c1ccc(Cl)c(Oc2cc(Cl)ccc2CO)c1. The molecule has 20 heavy (non-hydrogen) atoms. The van der Waals surface area contributed by atoms with E-state index in [1.807, 2.05) is 0 Å². The molecule has 0 amide bonds. The van der Waals surface area contributed by atoms with Crippen LogP contribution in [0, 0.1) is 10.1 Å². The molecule has 0 bridgehead atoms. The number of nitro groups is 1. The summed E-state index contributed by atoms with van der Waals surface area (Å²) in [6.45, 7) is -0.251. The highest BCUT2D eigenvalue weighted by molar-refractivity contribution is 6.32. The van der Waals surface area contributed by atoms with E-state index >= 15 is 0 Å². The Balaban J connectivity index is 2.41. The lowest BCUT2D eigenvalue weighted by molar-refractivity contribution is -0.384. The zero-order chi connectivity index (χ0) is 14.7. The molecule has 0 saturated heterocycles. The molecule has 0 aromatic heterocycles. The Morgan fingerprint density at radius 3 is 2.55 bits per heavy atom. The quantitative estimate of drug-likeness (QED) is 0.678. The number of rotatable bonds is 4. The summed E-state index contributed by atoms with van der Waals surface area (Å²) in [4.78, 5) is 10.2. The van der Waals surface area contributed by atoms with Gasteiger partial charge in [0.1, 0.15) is 5.75 Å². The van der Waals surface area contributed by atoms with Gasteiger partial charge in [-0.05, 0) is 18.2 Å². The van der Waals surface area contributed by atoms with Crippen LogP contribution in [0.4, 0.5) is 5.69 Å². The number of hydrogen-bond donors (Lipinski definition) is 1. The number of aliphatic hydroxyl groups is 1. The maximum absolute atomic E-state index is 10.7. The average Bonchev–Trinajstić information content (AvgIpc) is 2.41. The van der Waals surface area contributed by atoms with Gasteiger partial charge in [0.2, 0.25) is 0 Å². The maximum Gasteiger partial charge on any atom is 0.273 e. The number of hydrogen-bond acceptors (Lipinski definition) is 4. The van der Waals surface area contributed by atoms with E-state index in [2.05, 4.69) is 0 Å². The smallest absolute Gasteiger partial charge is 0.273 e. The Morgan fingerprint density at radius 1 is 1.15 bits per heavy atom. The van der Waals surface area contributed by atoms with Gasteiger partial charge in [0.15, 0.2) is 5.75 Å². The second-order valence-electron chi connectivity index (χ2n) is 3.88. The highest BCUT2D eigenvalue weighted by Crippen LogP contribution is 2.35. The van der Waals surface area contributed by atoms with Crippen LogP contribution >= 0.6 is 23.2 Å². The van der Waals surface area contributed by atoms with Crippen molar-refractivity contribution >= 4 is 28.9 Å². The number of ether oxygens (including phenoxy) is 1. The third kappa shape index (κ3) is 3.19. The first kappa shape index (κ1) is 14.6. The molecular formula is C13H9Cl2NO4. The van der Waals surface area contributed by atoms with Gasteiger partial charge in [0, 0.05) is 16.7 Å². The van der Waals surface area contributed by atoms with Crippen LogP contribution in [0.5, 0.6) is 11.5 Å². The number of nitro benzene ring substituents is 1. The fourth-order valence-electron chi connectivity index (χ4n) is 1.56. The zero-order valence-corrected chi connectivity index (χ0v) is 11.6. The molecule has 0 unspecified atom stereocenters. The van der Waals surface area contributed by atoms with Crippen molar-refractivity contribution in [2.45, 2.75) is 6.61 Å². The minimum Gasteiger partial charge on any atom is -0.455 e. The molecule has 0 radical (unpaired) electrons. The summed E-state index contributed by atoms with van der Waals surface area (Å²) in [6, 6.07) is 8.57. The summed E-state index contributed by atoms with van der Waals surface area (Å²) in [5.41, 5.74) is 0.356. The fraction of sp³-hybridized carbons (Fsp3) is 0.0769. The monoisotopic (exact) mass is 313 g/mol. The summed E-state index contributed by atoms with van der Waals surface area (Å²) in [5, 5.41) is 20.6.